The van der Waals surface area contributed by atoms with Crippen LogP contribution >= 0.6 is 11.3 Å². The summed E-state index contributed by atoms with van der Waals surface area (Å²) in [5, 5.41) is 7.56. The fourth-order valence-corrected chi connectivity index (χ4v) is 4.99. The molecule has 1 saturated carbocycles. The summed E-state index contributed by atoms with van der Waals surface area (Å²) in [6, 6.07) is 16.9. The van der Waals surface area contributed by atoms with E-state index in [1.54, 1.807) is 41.8 Å². The van der Waals surface area contributed by atoms with Gasteiger partial charge in [-0.25, -0.2) is 4.39 Å². The van der Waals surface area contributed by atoms with E-state index in [-0.39, 0.29) is 24.4 Å². The Balaban J connectivity index is 1.65. The first kappa shape index (κ1) is 24.6. The van der Waals surface area contributed by atoms with Crippen molar-refractivity contribution < 1.29 is 18.8 Å². The standard InChI is InChI=1S/C27H28FN3O3S/c28-20-15-13-19(14-16-20)25(27(34)30-21-8-3-1-4-9-21)31(22-10-5-2-6-11-22)24(32)18-29-26(33)23-12-7-17-35-23/h2,5-7,10-17,21,25H,1,3-4,8-9,18H2,(H,29,33)(H,30,34). The Hall–Kier alpha value is -3.52. The molecule has 0 saturated heterocycles. The van der Waals surface area contributed by atoms with Crippen LogP contribution in [0.15, 0.2) is 72.1 Å². The molecule has 3 aromatic rings. The van der Waals surface area contributed by atoms with Crippen LogP contribution in [0.3, 0.4) is 0 Å². The molecule has 1 heterocycles. The number of nitrogens with zero attached hydrogens (tertiary/aromatic N) is 1. The van der Waals surface area contributed by atoms with Crippen molar-refractivity contribution in [3.8, 4) is 0 Å². The van der Waals surface area contributed by atoms with Crippen molar-refractivity contribution in [2.75, 3.05) is 11.4 Å². The fraction of sp³-hybridized carbons (Fsp3) is 0.296. The molecule has 1 unspecified atom stereocenters. The van der Waals surface area contributed by atoms with Gasteiger partial charge in [0.05, 0.1) is 11.4 Å². The number of anilines is 1. The molecule has 1 atom stereocenters. The monoisotopic (exact) mass is 493 g/mol. The Morgan fingerprint density at radius 2 is 1.66 bits per heavy atom. The van der Waals surface area contributed by atoms with Gasteiger partial charge in [0.1, 0.15) is 11.9 Å². The quantitative estimate of drug-likeness (QED) is 0.471. The van der Waals surface area contributed by atoms with Gasteiger partial charge in [-0.05, 0) is 54.1 Å². The molecule has 0 aliphatic heterocycles. The van der Waals surface area contributed by atoms with Crippen molar-refractivity contribution in [1.29, 1.82) is 0 Å². The second-order valence-corrected chi connectivity index (χ2v) is 9.50. The van der Waals surface area contributed by atoms with Crippen LogP contribution in [0.4, 0.5) is 10.1 Å². The van der Waals surface area contributed by atoms with Crippen LogP contribution in [0.2, 0.25) is 0 Å². The number of benzene rings is 2. The van der Waals surface area contributed by atoms with Gasteiger partial charge in [0, 0.05) is 11.7 Å². The van der Waals surface area contributed by atoms with Crippen molar-refractivity contribution in [1.82, 2.24) is 10.6 Å². The number of carbonyl (C=O) groups is 3. The topological polar surface area (TPSA) is 78.5 Å². The number of amides is 3. The van der Waals surface area contributed by atoms with Gasteiger partial charge in [-0.15, -0.1) is 11.3 Å². The lowest BCUT2D eigenvalue weighted by Gasteiger charge is -2.33. The summed E-state index contributed by atoms with van der Waals surface area (Å²) in [5.74, 6) is -1.56. The molecule has 182 valence electrons. The van der Waals surface area contributed by atoms with Crippen LogP contribution < -0.4 is 15.5 Å². The van der Waals surface area contributed by atoms with Crippen molar-refractivity contribution in [2.45, 2.75) is 44.2 Å². The average Bonchev–Trinajstić information content (AvgIpc) is 3.43. The van der Waals surface area contributed by atoms with Crippen molar-refractivity contribution >= 4 is 34.7 Å². The Morgan fingerprint density at radius 1 is 0.943 bits per heavy atom. The van der Waals surface area contributed by atoms with Gasteiger partial charge in [0.25, 0.3) is 5.91 Å². The number of nitrogens with one attached hydrogen (secondary N) is 2. The molecule has 1 aliphatic carbocycles. The highest BCUT2D eigenvalue weighted by Gasteiger charge is 2.34. The summed E-state index contributed by atoms with van der Waals surface area (Å²) in [5.41, 5.74) is 0.998. The van der Waals surface area contributed by atoms with E-state index in [0.717, 1.165) is 32.1 Å². The first-order chi connectivity index (χ1) is 17.0. The van der Waals surface area contributed by atoms with Gasteiger partial charge in [-0.1, -0.05) is 55.7 Å². The smallest absolute Gasteiger partial charge is 0.261 e. The SMILES string of the molecule is O=C(NCC(=O)N(c1ccccc1)C(C(=O)NC1CCCCC1)c1ccc(F)cc1)c1cccs1. The van der Waals surface area contributed by atoms with Crippen molar-refractivity contribution in [2.24, 2.45) is 0 Å². The molecule has 2 aromatic carbocycles. The van der Waals surface area contributed by atoms with Crippen molar-refractivity contribution in [3.05, 3.63) is 88.4 Å². The highest BCUT2D eigenvalue weighted by atomic mass is 32.1. The summed E-state index contributed by atoms with van der Waals surface area (Å²) < 4.78 is 13.7. The number of hydrogen-bond acceptors (Lipinski definition) is 4. The molecule has 0 radical (unpaired) electrons. The summed E-state index contributed by atoms with van der Waals surface area (Å²) in [4.78, 5) is 41.5. The second kappa shape index (κ2) is 11.8. The van der Waals surface area contributed by atoms with Crippen molar-refractivity contribution in [3.63, 3.8) is 0 Å². The third kappa shape index (κ3) is 6.33. The molecule has 1 aromatic heterocycles. The molecule has 3 amide bonds. The zero-order valence-corrected chi connectivity index (χ0v) is 20.1. The molecular weight excluding hydrogens is 465 g/mol. The molecular formula is C27H28FN3O3S. The normalized spacial score (nSPS) is 14.7. The Morgan fingerprint density at radius 3 is 2.31 bits per heavy atom. The van der Waals surface area contributed by atoms with Crippen LogP contribution in [-0.4, -0.2) is 30.3 Å². The minimum Gasteiger partial charge on any atom is -0.351 e. The number of hydrogen-bond donors (Lipinski definition) is 2. The third-order valence-electron chi connectivity index (χ3n) is 6.09. The van der Waals surface area contributed by atoms with E-state index in [1.807, 2.05) is 6.07 Å². The maximum absolute atomic E-state index is 13.7. The molecule has 4 rings (SSSR count). The first-order valence-corrected chi connectivity index (χ1v) is 12.7. The summed E-state index contributed by atoms with van der Waals surface area (Å²) in [7, 11) is 0. The fourth-order valence-electron chi connectivity index (χ4n) is 4.35. The van der Waals surface area contributed by atoms with Crippen LogP contribution in [0.5, 0.6) is 0 Å². The number of carbonyl (C=O) groups excluding carboxylic acids is 3. The first-order valence-electron chi connectivity index (χ1n) is 11.8. The molecule has 6 nitrogen and oxygen atoms in total. The largest absolute Gasteiger partial charge is 0.351 e. The molecule has 8 heteroatoms. The lowest BCUT2D eigenvalue weighted by molar-refractivity contribution is -0.127. The van der Waals surface area contributed by atoms with E-state index in [4.69, 9.17) is 0 Å². The minimum absolute atomic E-state index is 0.0328. The van der Waals surface area contributed by atoms with Crippen LogP contribution in [0.25, 0.3) is 0 Å². The molecule has 0 bridgehead atoms. The lowest BCUT2D eigenvalue weighted by atomic mass is 9.94. The average molecular weight is 494 g/mol. The highest BCUT2D eigenvalue weighted by molar-refractivity contribution is 7.12. The number of para-hydroxylation sites is 1. The van der Waals surface area contributed by atoms with Gasteiger partial charge in [0.15, 0.2) is 0 Å². The predicted octanol–water partition coefficient (Wildman–Crippen LogP) is 4.84. The van der Waals surface area contributed by atoms with Gasteiger partial charge >= 0.3 is 0 Å². The third-order valence-corrected chi connectivity index (χ3v) is 6.96. The second-order valence-electron chi connectivity index (χ2n) is 8.56. The van der Waals surface area contributed by atoms with E-state index in [0.29, 0.717) is 16.1 Å². The predicted molar refractivity (Wildman–Crippen MR) is 135 cm³/mol. The zero-order chi connectivity index (χ0) is 24.6. The highest BCUT2D eigenvalue weighted by Crippen LogP contribution is 2.29. The van der Waals surface area contributed by atoms with E-state index in [1.165, 1.54) is 40.5 Å². The van der Waals surface area contributed by atoms with Gasteiger partial charge in [-0.3, -0.25) is 19.3 Å². The van der Waals surface area contributed by atoms with Crippen LogP contribution in [0, 0.1) is 5.82 Å². The van der Waals surface area contributed by atoms with Crippen LogP contribution in [-0.2, 0) is 9.59 Å². The maximum Gasteiger partial charge on any atom is 0.261 e. The van der Waals surface area contributed by atoms with Gasteiger partial charge in [-0.2, -0.15) is 0 Å². The molecule has 0 spiro atoms. The molecule has 1 fully saturated rings. The van der Waals surface area contributed by atoms with E-state index >= 15 is 0 Å². The van der Waals surface area contributed by atoms with E-state index < -0.39 is 17.8 Å². The number of rotatable bonds is 8. The molecule has 1 aliphatic rings. The zero-order valence-electron chi connectivity index (χ0n) is 19.3. The van der Waals surface area contributed by atoms with E-state index in [9.17, 15) is 18.8 Å². The molecule has 35 heavy (non-hydrogen) atoms. The number of thiophene rings is 1. The number of halogens is 1. The Bertz CT molecular complexity index is 1130. The Kier molecular flexibility index (Phi) is 8.26. The van der Waals surface area contributed by atoms with Gasteiger partial charge < -0.3 is 10.6 Å². The summed E-state index contributed by atoms with van der Waals surface area (Å²) in [6.45, 7) is -0.292. The summed E-state index contributed by atoms with van der Waals surface area (Å²) in [6.07, 6.45) is 5.01. The van der Waals surface area contributed by atoms with E-state index in [2.05, 4.69) is 10.6 Å². The minimum atomic E-state index is -1.02. The maximum atomic E-state index is 13.7. The lowest BCUT2D eigenvalue weighted by Crippen LogP contribution is -2.49. The molecule has 2 N–H and O–H groups in total. The summed E-state index contributed by atoms with van der Waals surface area (Å²) >= 11 is 1.28. The Labute approximate surface area is 208 Å². The van der Waals surface area contributed by atoms with Gasteiger partial charge in [0.2, 0.25) is 11.8 Å². The van der Waals surface area contributed by atoms with Crippen LogP contribution in [0.1, 0.15) is 53.4 Å².